The molecule has 0 atom stereocenters. The van der Waals surface area contributed by atoms with Crippen LogP contribution in [0, 0.1) is 6.92 Å². The van der Waals surface area contributed by atoms with Gasteiger partial charge in [-0.2, -0.15) is 0 Å². The Hall–Kier alpha value is -1.53. The van der Waals surface area contributed by atoms with E-state index in [2.05, 4.69) is 15.0 Å². The highest BCUT2D eigenvalue weighted by molar-refractivity contribution is 7.16. The molecule has 5 nitrogen and oxygen atoms in total. The summed E-state index contributed by atoms with van der Waals surface area (Å²) < 4.78 is 0. The molecule has 0 bridgehead atoms. The molecule has 0 saturated carbocycles. The Morgan fingerprint density at radius 1 is 1.44 bits per heavy atom. The number of aryl methyl sites for hydroxylation is 1. The first-order chi connectivity index (χ1) is 7.18. The van der Waals surface area contributed by atoms with Crippen molar-refractivity contribution < 1.29 is 9.90 Å². The minimum Gasteiger partial charge on any atom is -0.477 e. The first-order valence-electron chi connectivity index (χ1n) is 4.15. The second kappa shape index (κ2) is 5.00. The first-order valence-corrected chi connectivity index (χ1v) is 4.97. The maximum absolute atomic E-state index is 10.8. The summed E-state index contributed by atoms with van der Waals surface area (Å²) in [4.78, 5) is 23.1. The Labute approximate surface area is 102 Å². The van der Waals surface area contributed by atoms with E-state index in [9.17, 15) is 4.79 Å². The molecule has 0 unspecified atom stereocenters. The summed E-state index contributed by atoms with van der Waals surface area (Å²) in [5.41, 5.74) is 1.10. The molecule has 0 amide bonds. The quantitative estimate of drug-likeness (QED) is 0.891. The lowest BCUT2D eigenvalue weighted by Gasteiger charge is -1.90. The van der Waals surface area contributed by atoms with Gasteiger partial charge < -0.3 is 5.11 Å². The minimum absolute atomic E-state index is 0. The van der Waals surface area contributed by atoms with E-state index in [1.807, 2.05) is 0 Å². The topological polar surface area (TPSA) is 76.0 Å². The van der Waals surface area contributed by atoms with Crippen molar-refractivity contribution in [3.8, 4) is 10.7 Å². The van der Waals surface area contributed by atoms with Crippen LogP contribution in [0.4, 0.5) is 0 Å². The summed E-state index contributed by atoms with van der Waals surface area (Å²) >= 11 is 1.11. The van der Waals surface area contributed by atoms with E-state index in [-0.39, 0.29) is 17.3 Å². The number of halogens is 1. The molecule has 2 rings (SSSR count). The molecule has 2 aromatic rings. The van der Waals surface area contributed by atoms with Gasteiger partial charge in [0, 0.05) is 12.4 Å². The Kier molecular flexibility index (Phi) is 3.92. The smallest absolute Gasteiger partial charge is 0.347 e. The van der Waals surface area contributed by atoms with Crippen LogP contribution in [0.1, 0.15) is 15.4 Å². The van der Waals surface area contributed by atoms with E-state index in [1.165, 1.54) is 0 Å². The normalized spacial score (nSPS) is 9.56. The Morgan fingerprint density at radius 2 is 2.19 bits per heavy atom. The summed E-state index contributed by atoms with van der Waals surface area (Å²) in [6.45, 7) is 1.67. The molecule has 2 heterocycles. The molecule has 0 aliphatic heterocycles. The number of carboxylic acids is 1. The molecule has 0 radical (unpaired) electrons. The number of hydrogen-bond donors (Lipinski definition) is 1. The van der Waals surface area contributed by atoms with Gasteiger partial charge in [-0.05, 0) is 6.92 Å². The van der Waals surface area contributed by atoms with Crippen LogP contribution in [0.3, 0.4) is 0 Å². The summed E-state index contributed by atoms with van der Waals surface area (Å²) in [6.07, 6.45) is 4.67. The molecule has 84 valence electrons. The van der Waals surface area contributed by atoms with Gasteiger partial charge >= 0.3 is 5.97 Å². The lowest BCUT2D eigenvalue weighted by Crippen LogP contribution is -1.94. The number of carbonyl (C=O) groups is 1. The third kappa shape index (κ3) is 2.34. The summed E-state index contributed by atoms with van der Waals surface area (Å²) in [7, 11) is 0. The predicted octanol–water partition coefficient (Wildman–Crippen LogP) is 2.03. The molecule has 0 aliphatic rings. The van der Waals surface area contributed by atoms with E-state index in [0.717, 1.165) is 11.3 Å². The molecule has 0 aromatic carbocycles. The third-order valence-electron chi connectivity index (χ3n) is 1.77. The summed E-state index contributed by atoms with van der Waals surface area (Å²) in [5, 5.41) is 9.44. The summed E-state index contributed by atoms with van der Waals surface area (Å²) in [6, 6.07) is 0. The average Bonchev–Trinajstić information content (AvgIpc) is 2.62. The van der Waals surface area contributed by atoms with Crippen molar-refractivity contribution in [3.05, 3.63) is 29.2 Å². The van der Waals surface area contributed by atoms with Gasteiger partial charge in [0.1, 0.15) is 15.6 Å². The molecule has 0 fully saturated rings. The van der Waals surface area contributed by atoms with Gasteiger partial charge in [-0.3, -0.25) is 9.97 Å². The Bertz CT molecular complexity index is 501. The van der Waals surface area contributed by atoms with E-state index >= 15 is 0 Å². The van der Waals surface area contributed by atoms with Crippen LogP contribution in [0.25, 0.3) is 10.7 Å². The van der Waals surface area contributed by atoms with Crippen molar-refractivity contribution >= 4 is 29.7 Å². The highest BCUT2D eigenvalue weighted by Gasteiger charge is 2.15. The van der Waals surface area contributed by atoms with Crippen molar-refractivity contribution in [2.75, 3.05) is 0 Å². The Morgan fingerprint density at radius 3 is 2.69 bits per heavy atom. The molecule has 1 N–H and O–H groups in total. The van der Waals surface area contributed by atoms with Crippen LogP contribution in [-0.4, -0.2) is 26.0 Å². The van der Waals surface area contributed by atoms with Gasteiger partial charge in [0.2, 0.25) is 0 Å². The summed E-state index contributed by atoms with van der Waals surface area (Å²) in [5.74, 6) is -0.958. The maximum atomic E-state index is 10.8. The van der Waals surface area contributed by atoms with Crippen molar-refractivity contribution in [2.45, 2.75) is 6.92 Å². The number of thiazole rings is 1. The largest absolute Gasteiger partial charge is 0.477 e. The Balaban J connectivity index is 0.00000128. The second-order valence-electron chi connectivity index (χ2n) is 2.83. The molecule has 16 heavy (non-hydrogen) atoms. The number of rotatable bonds is 2. The molecule has 7 heteroatoms. The van der Waals surface area contributed by atoms with E-state index in [1.54, 1.807) is 25.5 Å². The van der Waals surface area contributed by atoms with E-state index in [4.69, 9.17) is 5.11 Å². The zero-order chi connectivity index (χ0) is 10.8. The van der Waals surface area contributed by atoms with Crippen LogP contribution in [-0.2, 0) is 0 Å². The van der Waals surface area contributed by atoms with Crippen molar-refractivity contribution in [3.63, 3.8) is 0 Å². The van der Waals surface area contributed by atoms with Crippen LogP contribution in [0.15, 0.2) is 18.6 Å². The fraction of sp³-hybridized carbons (Fsp3) is 0.111. The fourth-order valence-corrected chi connectivity index (χ4v) is 1.98. The van der Waals surface area contributed by atoms with Gasteiger partial charge in [-0.25, -0.2) is 9.78 Å². The highest BCUT2D eigenvalue weighted by atomic mass is 35.5. The van der Waals surface area contributed by atoms with Gasteiger partial charge in [-0.15, -0.1) is 23.7 Å². The van der Waals surface area contributed by atoms with E-state index < -0.39 is 5.97 Å². The predicted molar refractivity (Wildman–Crippen MR) is 62.1 cm³/mol. The number of aromatic carboxylic acids is 1. The highest BCUT2D eigenvalue weighted by Crippen LogP contribution is 2.25. The molecule has 0 spiro atoms. The second-order valence-corrected chi connectivity index (χ2v) is 3.83. The zero-order valence-corrected chi connectivity index (χ0v) is 9.88. The van der Waals surface area contributed by atoms with Gasteiger partial charge in [0.15, 0.2) is 0 Å². The minimum atomic E-state index is -0.958. The van der Waals surface area contributed by atoms with Crippen molar-refractivity contribution in [2.24, 2.45) is 0 Å². The van der Waals surface area contributed by atoms with Crippen molar-refractivity contribution in [1.82, 2.24) is 15.0 Å². The number of nitrogens with zero attached hydrogens (tertiary/aromatic N) is 3. The zero-order valence-electron chi connectivity index (χ0n) is 8.25. The number of aromatic nitrogens is 3. The standard InChI is InChI=1S/C9H7N3O2S.ClH/c1-5-7(9(13)14)15-8(12-5)6-4-10-2-3-11-6;/h2-4H,1H3,(H,13,14);1H. The monoisotopic (exact) mass is 257 g/mol. The van der Waals surface area contributed by atoms with Gasteiger partial charge in [0.25, 0.3) is 0 Å². The molecule has 0 saturated heterocycles. The molecular weight excluding hydrogens is 250 g/mol. The molecule has 2 aromatic heterocycles. The lowest BCUT2D eigenvalue weighted by molar-refractivity contribution is 0.0701. The lowest BCUT2D eigenvalue weighted by atomic mass is 10.4. The van der Waals surface area contributed by atoms with Gasteiger partial charge in [0.05, 0.1) is 11.9 Å². The molecule has 0 aliphatic carbocycles. The SMILES string of the molecule is Cc1nc(-c2cnccn2)sc1C(=O)O.Cl. The first kappa shape index (κ1) is 12.5. The van der Waals surface area contributed by atoms with Crippen molar-refractivity contribution in [1.29, 1.82) is 0 Å². The van der Waals surface area contributed by atoms with E-state index in [0.29, 0.717) is 16.4 Å². The number of carboxylic acid groups (broad SMARTS) is 1. The fourth-order valence-electron chi connectivity index (χ4n) is 1.11. The van der Waals surface area contributed by atoms with Crippen LogP contribution < -0.4 is 0 Å². The van der Waals surface area contributed by atoms with Crippen LogP contribution in [0.5, 0.6) is 0 Å². The van der Waals surface area contributed by atoms with Crippen LogP contribution >= 0.6 is 23.7 Å². The third-order valence-corrected chi connectivity index (χ3v) is 2.94. The van der Waals surface area contributed by atoms with Gasteiger partial charge in [-0.1, -0.05) is 0 Å². The number of hydrogen-bond acceptors (Lipinski definition) is 5. The maximum Gasteiger partial charge on any atom is 0.347 e. The van der Waals surface area contributed by atoms with Crippen LogP contribution in [0.2, 0.25) is 0 Å². The molecular formula is C9H8ClN3O2S. The average molecular weight is 258 g/mol.